The van der Waals surface area contributed by atoms with Crippen molar-refractivity contribution in [1.29, 1.82) is 0 Å². The van der Waals surface area contributed by atoms with Crippen molar-refractivity contribution in [1.82, 2.24) is 5.32 Å². The quantitative estimate of drug-likeness (QED) is 0.816. The Morgan fingerprint density at radius 1 is 1.35 bits per heavy atom. The van der Waals surface area contributed by atoms with Gasteiger partial charge in [-0.3, -0.25) is 0 Å². The van der Waals surface area contributed by atoms with Crippen molar-refractivity contribution in [3.8, 4) is 0 Å². The Hall–Kier alpha value is -0.420. The van der Waals surface area contributed by atoms with E-state index in [2.05, 4.69) is 22.3 Å². The van der Waals surface area contributed by atoms with Crippen molar-refractivity contribution in [2.75, 3.05) is 49.8 Å². The van der Waals surface area contributed by atoms with Crippen LogP contribution in [0, 0.1) is 0 Å². The monoisotopic (exact) mass is 314 g/mol. The van der Waals surface area contributed by atoms with Gasteiger partial charge in [-0.05, 0) is 29.9 Å². The number of anilines is 1. The fourth-order valence-corrected chi connectivity index (χ4v) is 3.42. The van der Waals surface area contributed by atoms with Gasteiger partial charge >= 0.3 is 0 Å². The van der Waals surface area contributed by atoms with Crippen molar-refractivity contribution in [2.45, 2.75) is 13.0 Å². The summed E-state index contributed by atoms with van der Waals surface area (Å²) < 4.78 is 5.07. The molecule has 1 N–H and O–H groups in total. The molecule has 2 rings (SSSR count). The van der Waals surface area contributed by atoms with Gasteiger partial charge in [0.05, 0.1) is 6.61 Å². The molecule has 0 saturated carbocycles. The lowest BCUT2D eigenvalue weighted by molar-refractivity contribution is 0.199. The van der Waals surface area contributed by atoms with Crippen LogP contribution in [-0.2, 0) is 11.3 Å². The molecule has 3 nitrogen and oxygen atoms in total. The highest BCUT2D eigenvalue weighted by atomic mass is 35.5. The van der Waals surface area contributed by atoms with Gasteiger partial charge in [-0.25, -0.2) is 0 Å². The third-order valence-electron chi connectivity index (χ3n) is 3.41. The molecule has 0 aliphatic carbocycles. The first-order chi connectivity index (χ1) is 9.81. The molecule has 1 fully saturated rings. The molecule has 1 aromatic carbocycles. The predicted octanol–water partition coefficient (Wildman–Crippen LogP) is 3.02. The Labute approximate surface area is 131 Å². The van der Waals surface area contributed by atoms with E-state index in [1.54, 1.807) is 7.11 Å². The average molecular weight is 315 g/mol. The summed E-state index contributed by atoms with van der Waals surface area (Å²) in [7, 11) is 1.73. The van der Waals surface area contributed by atoms with Crippen molar-refractivity contribution < 1.29 is 4.74 Å². The molecule has 1 aromatic rings. The van der Waals surface area contributed by atoms with E-state index < -0.39 is 0 Å². The number of benzene rings is 1. The average Bonchev–Trinajstić information content (AvgIpc) is 2.74. The van der Waals surface area contributed by atoms with E-state index in [4.69, 9.17) is 16.3 Å². The number of rotatable bonds is 6. The molecule has 1 aliphatic rings. The summed E-state index contributed by atoms with van der Waals surface area (Å²) in [5, 5.41) is 4.23. The maximum atomic E-state index is 6.19. The number of nitrogens with one attached hydrogen (secondary N) is 1. The van der Waals surface area contributed by atoms with Crippen LogP contribution < -0.4 is 10.2 Å². The molecule has 1 aliphatic heterocycles. The van der Waals surface area contributed by atoms with Gasteiger partial charge in [0.25, 0.3) is 0 Å². The molecule has 0 spiro atoms. The maximum Gasteiger partial charge on any atom is 0.0587 e. The molecule has 1 heterocycles. The SMILES string of the molecule is COCCNCc1ccc(Cl)cc1N1CCCSCC1. The van der Waals surface area contributed by atoms with Gasteiger partial charge in [0.2, 0.25) is 0 Å². The van der Waals surface area contributed by atoms with E-state index in [9.17, 15) is 0 Å². The summed E-state index contributed by atoms with van der Waals surface area (Å²) >= 11 is 8.23. The van der Waals surface area contributed by atoms with Crippen molar-refractivity contribution in [3.63, 3.8) is 0 Å². The van der Waals surface area contributed by atoms with E-state index in [0.717, 1.165) is 37.8 Å². The first-order valence-corrected chi connectivity index (χ1v) is 8.65. The third-order valence-corrected chi connectivity index (χ3v) is 4.69. The summed E-state index contributed by atoms with van der Waals surface area (Å²) in [4.78, 5) is 2.47. The van der Waals surface area contributed by atoms with Crippen LogP contribution in [0.1, 0.15) is 12.0 Å². The minimum absolute atomic E-state index is 0.739. The van der Waals surface area contributed by atoms with Crippen LogP contribution >= 0.6 is 23.4 Å². The van der Waals surface area contributed by atoms with Gasteiger partial charge in [0.15, 0.2) is 0 Å². The van der Waals surface area contributed by atoms with Gasteiger partial charge < -0.3 is 15.0 Å². The van der Waals surface area contributed by atoms with Crippen molar-refractivity contribution in [3.05, 3.63) is 28.8 Å². The Bertz CT molecular complexity index is 409. The Morgan fingerprint density at radius 2 is 2.25 bits per heavy atom. The topological polar surface area (TPSA) is 24.5 Å². The van der Waals surface area contributed by atoms with Crippen LogP contribution in [0.5, 0.6) is 0 Å². The number of methoxy groups -OCH3 is 1. The molecule has 5 heteroatoms. The molecular formula is C15H23ClN2OS. The molecule has 0 unspecified atom stereocenters. The van der Waals surface area contributed by atoms with Crippen LogP contribution in [0.4, 0.5) is 5.69 Å². The zero-order valence-corrected chi connectivity index (χ0v) is 13.6. The lowest BCUT2D eigenvalue weighted by atomic mass is 10.1. The zero-order valence-electron chi connectivity index (χ0n) is 12.0. The fraction of sp³-hybridized carbons (Fsp3) is 0.600. The van der Waals surface area contributed by atoms with Gasteiger partial charge in [-0.15, -0.1) is 0 Å². The normalized spacial score (nSPS) is 16.2. The van der Waals surface area contributed by atoms with Gasteiger partial charge in [0, 0.05) is 49.8 Å². The van der Waals surface area contributed by atoms with Crippen LogP contribution in [0.25, 0.3) is 0 Å². The van der Waals surface area contributed by atoms with E-state index in [-0.39, 0.29) is 0 Å². The minimum Gasteiger partial charge on any atom is -0.383 e. The third kappa shape index (κ3) is 4.85. The van der Waals surface area contributed by atoms with Crippen LogP contribution in [0.3, 0.4) is 0 Å². The number of hydrogen-bond donors (Lipinski definition) is 1. The number of nitrogens with zero attached hydrogens (tertiary/aromatic N) is 1. The second-order valence-electron chi connectivity index (χ2n) is 4.90. The molecular weight excluding hydrogens is 292 g/mol. The van der Waals surface area contributed by atoms with E-state index in [1.165, 1.54) is 29.2 Å². The van der Waals surface area contributed by atoms with Crippen molar-refractivity contribution >= 4 is 29.1 Å². The zero-order chi connectivity index (χ0) is 14.2. The molecule has 0 aromatic heterocycles. The summed E-state index contributed by atoms with van der Waals surface area (Å²) in [5.74, 6) is 2.46. The lowest BCUT2D eigenvalue weighted by Gasteiger charge is -2.25. The first-order valence-electron chi connectivity index (χ1n) is 7.12. The molecule has 0 amide bonds. The first kappa shape index (κ1) is 16.0. The Balaban J connectivity index is 2.06. The summed E-state index contributed by atoms with van der Waals surface area (Å²) in [6, 6.07) is 6.21. The highest BCUT2D eigenvalue weighted by molar-refractivity contribution is 7.99. The van der Waals surface area contributed by atoms with Gasteiger partial charge in [-0.1, -0.05) is 17.7 Å². The van der Waals surface area contributed by atoms with Crippen LogP contribution in [0.15, 0.2) is 18.2 Å². The van der Waals surface area contributed by atoms with Crippen LogP contribution in [-0.4, -0.2) is 44.9 Å². The molecule has 20 heavy (non-hydrogen) atoms. The van der Waals surface area contributed by atoms with E-state index in [0.29, 0.717) is 0 Å². The number of ether oxygens (including phenoxy) is 1. The number of thioether (sulfide) groups is 1. The van der Waals surface area contributed by atoms with E-state index >= 15 is 0 Å². The Morgan fingerprint density at radius 3 is 3.10 bits per heavy atom. The minimum atomic E-state index is 0.739. The summed E-state index contributed by atoms with van der Waals surface area (Å²) in [5.41, 5.74) is 2.60. The highest BCUT2D eigenvalue weighted by Crippen LogP contribution is 2.27. The molecule has 0 bridgehead atoms. The molecule has 0 atom stereocenters. The van der Waals surface area contributed by atoms with Crippen LogP contribution in [0.2, 0.25) is 5.02 Å². The fourth-order valence-electron chi connectivity index (χ4n) is 2.37. The highest BCUT2D eigenvalue weighted by Gasteiger charge is 2.14. The smallest absolute Gasteiger partial charge is 0.0587 e. The Kier molecular flexibility index (Phi) is 7.00. The lowest BCUT2D eigenvalue weighted by Crippen LogP contribution is -2.28. The predicted molar refractivity (Wildman–Crippen MR) is 89.2 cm³/mol. The second-order valence-corrected chi connectivity index (χ2v) is 6.56. The number of hydrogen-bond acceptors (Lipinski definition) is 4. The van der Waals surface area contributed by atoms with Crippen molar-refractivity contribution in [2.24, 2.45) is 0 Å². The van der Waals surface area contributed by atoms with Gasteiger partial charge in [0.1, 0.15) is 0 Å². The second kappa shape index (κ2) is 8.78. The largest absolute Gasteiger partial charge is 0.383 e. The van der Waals surface area contributed by atoms with Gasteiger partial charge in [-0.2, -0.15) is 11.8 Å². The summed E-state index contributed by atoms with van der Waals surface area (Å²) in [6.07, 6.45) is 1.24. The molecule has 0 radical (unpaired) electrons. The molecule has 1 saturated heterocycles. The van der Waals surface area contributed by atoms with E-state index in [1.807, 2.05) is 17.8 Å². The standard InChI is InChI=1S/C15H23ClN2OS/c1-19-8-5-17-12-13-3-4-14(16)11-15(13)18-6-2-9-20-10-7-18/h3-4,11,17H,2,5-10,12H2,1H3. The maximum absolute atomic E-state index is 6.19. The summed E-state index contributed by atoms with van der Waals surface area (Å²) in [6.45, 7) is 4.70. The molecule has 112 valence electrons. The number of halogens is 1.